The van der Waals surface area contributed by atoms with Gasteiger partial charge in [0.25, 0.3) is 0 Å². The van der Waals surface area contributed by atoms with E-state index in [9.17, 15) is 5.26 Å². The van der Waals surface area contributed by atoms with Gasteiger partial charge in [-0.2, -0.15) is 5.26 Å². The SMILES string of the molecule is Cc1cc(C)cc(-c2ccc3c4ccccc4n(-c4cc(C#N)ccc4-c4nc(C)nc(C)n4)c3c2)c1. The molecule has 37 heavy (non-hydrogen) atoms. The van der Waals surface area contributed by atoms with Crippen molar-refractivity contribution in [1.29, 1.82) is 5.26 Å². The molecule has 0 radical (unpaired) electrons. The van der Waals surface area contributed by atoms with E-state index in [4.69, 9.17) is 0 Å². The number of rotatable bonds is 3. The third kappa shape index (κ3) is 3.93. The predicted molar refractivity (Wildman–Crippen MR) is 149 cm³/mol. The zero-order chi connectivity index (χ0) is 25.7. The van der Waals surface area contributed by atoms with Gasteiger partial charge in [0, 0.05) is 16.3 Å². The van der Waals surface area contributed by atoms with Gasteiger partial charge in [-0.1, -0.05) is 59.7 Å². The van der Waals surface area contributed by atoms with Crippen molar-refractivity contribution in [3.63, 3.8) is 0 Å². The van der Waals surface area contributed by atoms with Crippen LogP contribution >= 0.6 is 0 Å². The molecule has 4 aromatic carbocycles. The molecule has 0 amide bonds. The molecular weight excluding hydrogens is 454 g/mol. The smallest absolute Gasteiger partial charge is 0.165 e. The molecule has 0 N–H and O–H groups in total. The normalized spacial score (nSPS) is 11.2. The minimum absolute atomic E-state index is 0.581. The molecule has 5 nitrogen and oxygen atoms in total. The van der Waals surface area contributed by atoms with Gasteiger partial charge in [-0.15, -0.1) is 0 Å². The summed E-state index contributed by atoms with van der Waals surface area (Å²) in [4.78, 5) is 13.7. The fourth-order valence-electron chi connectivity index (χ4n) is 5.26. The summed E-state index contributed by atoms with van der Waals surface area (Å²) in [5, 5.41) is 12.1. The molecule has 2 aromatic heterocycles. The highest BCUT2D eigenvalue weighted by atomic mass is 15.0. The summed E-state index contributed by atoms with van der Waals surface area (Å²) in [6.07, 6.45) is 0. The molecule has 6 aromatic rings. The average Bonchev–Trinajstić information content (AvgIpc) is 3.20. The molecule has 0 unspecified atom stereocenters. The van der Waals surface area contributed by atoms with E-state index in [1.165, 1.54) is 16.7 Å². The topological polar surface area (TPSA) is 67.4 Å². The van der Waals surface area contributed by atoms with Crippen molar-refractivity contribution in [2.24, 2.45) is 0 Å². The van der Waals surface area contributed by atoms with E-state index >= 15 is 0 Å². The first-order valence-corrected chi connectivity index (χ1v) is 12.3. The highest BCUT2D eigenvalue weighted by molar-refractivity contribution is 6.10. The van der Waals surface area contributed by atoms with Crippen molar-refractivity contribution >= 4 is 21.8 Å². The van der Waals surface area contributed by atoms with Gasteiger partial charge in [0.15, 0.2) is 5.82 Å². The molecule has 2 heterocycles. The lowest BCUT2D eigenvalue weighted by Crippen LogP contribution is -2.03. The third-order valence-electron chi connectivity index (χ3n) is 6.70. The Morgan fingerprint density at radius 2 is 1.35 bits per heavy atom. The molecule has 0 aliphatic heterocycles. The van der Waals surface area contributed by atoms with Crippen LogP contribution in [-0.4, -0.2) is 19.5 Å². The molecule has 0 atom stereocenters. The van der Waals surface area contributed by atoms with Crippen molar-refractivity contribution in [3.05, 3.63) is 107 Å². The van der Waals surface area contributed by atoms with Gasteiger partial charge in [0.1, 0.15) is 11.6 Å². The molecule has 0 aliphatic rings. The van der Waals surface area contributed by atoms with Crippen LogP contribution in [0.2, 0.25) is 0 Å². The van der Waals surface area contributed by atoms with Crippen molar-refractivity contribution < 1.29 is 0 Å². The molecular formula is C32H25N5. The number of nitrogens with zero attached hydrogens (tertiary/aromatic N) is 5. The Bertz CT molecular complexity index is 1850. The molecule has 0 fully saturated rings. The van der Waals surface area contributed by atoms with Crippen molar-refractivity contribution in [3.8, 4) is 34.3 Å². The summed E-state index contributed by atoms with van der Waals surface area (Å²) < 4.78 is 2.24. The first kappa shape index (κ1) is 22.6. The van der Waals surface area contributed by atoms with Crippen LogP contribution in [0.3, 0.4) is 0 Å². The van der Waals surface area contributed by atoms with Gasteiger partial charge in [-0.25, -0.2) is 15.0 Å². The molecule has 5 heteroatoms. The molecule has 0 saturated carbocycles. The summed E-state index contributed by atoms with van der Waals surface area (Å²) in [5.74, 6) is 1.93. The van der Waals surface area contributed by atoms with Gasteiger partial charge in [-0.3, -0.25) is 0 Å². The van der Waals surface area contributed by atoms with Gasteiger partial charge in [0.2, 0.25) is 0 Å². The highest BCUT2D eigenvalue weighted by Gasteiger charge is 2.19. The lowest BCUT2D eigenvalue weighted by molar-refractivity contribution is 0.926. The van der Waals surface area contributed by atoms with Gasteiger partial charge >= 0.3 is 0 Å². The molecule has 0 bridgehead atoms. The minimum atomic E-state index is 0.581. The van der Waals surface area contributed by atoms with Crippen LogP contribution in [0, 0.1) is 39.0 Å². The summed E-state index contributed by atoms with van der Waals surface area (Å²) in [6, 6.07) is 29.7. The molecule has 6 rings (SSSR count). The standard InChI is InChI=1S/C32H25N5/c1-19-13-20(2)15-25(14-19)24-10-12-27-26-7-5-6-8-29(26)37(31(27)17-24)30-16-23(18-33)9-11-28(30)32-35-21(3)34-22(4)36-32/h5-17H,1-4H3. The monoisotopic (exact) mass is 479 g/mol. The maximum atomic E-state index is 9.78. The minimum Gasteiger partial charge on any atom is -0.308 e. The summed E-state index contributed by atoms with van der Waals surface area (Å²) in [5.41, 5.74) is 9.24. The largest absolute Gasteiger partial charge is 0.308 e. The van der Waals surface area contributed by atoms with Crippen LogP contribution in [0.4, 0.5) is 0 Å². The third-order valence-corrected chi connectivity index (χ3v) is 6.70. The average molecular weight is 480 g/mol. The fourth-order valence-corrected chi connectivity index (χ4v) is 5.26. The zero-order valence-electron chi connectivity index (χ0n) is 21.2. The second-order valence-corrected chi connectivity index (χ2v) is 9.56. The summed E-state index contributed by atoms with van der Waals surface area (Å²) in [6.45, 7) is 8.00. The van der Waals surface area contributed by atoms with E-state index in [1.54, 1.807) is 0 Å². The van der Waals surface area contributed by atoms with Crippen LogP contribution in [-0.2, 0) is 0 Å². The van der Waals surface area contributed by atoms with Gasteiger partial charge in [0.05, 0.1) is 28.4 Å². The molecule has 0 spiro atoms. The number of fused-ring (bicyclic) bond motifs is 3. The number of nitriles is 1. The number of hydrogen-bond donors (Lipinski definition) is 0. The van der Waals surface area contributed by atoms with Gasteiger partial charge < -0.3 is 4.57 Å². The fraction of sp³-hybridized carbons (Fsp3) is 0.125. The highest BCUT2D eigenvalue weighted by Crippen LogP contribution is 2.38. The first-order valence-electron chi connectivity index (χ1n) is 12.3. The van der Waals surface area contributed by atoms with Gasteiger partial charge in [-0.05, 0) is 69.2 Å². The van der Waals surface area contributed by atoms with Crippen LogP contribution < -0.4 is 0 Å². The zero-order valence-corrected chi connectivity index (χ0v) is 21.2. The maximum absolute atomic E-state index is 9.78. The number of aryl methyl sites for hydroxylation is 4. The van der Waals surface area contributed by atoms with E-state index in [0.717, 1.165) is 38.6 Å². The lowest BCUT2D eigenvalue weighted by Gasteiger charge is -2.14. The second-order valence-electron chi connectivity index (χ2n) is 9.56. The first-order chi connectivity index (χ1) is 17.9. The van der Waals surface area contributed by atoms with Crippen LogP contribution in [0.15, 0.2) is 78.9 Å². The Hall–Kier alpha value is -4.82. The predicted octanol–water partition coefficient (Wildman–Crippen LogP) is 7.41. The Balaban J connectivity index is 1.71. The van der Waals surface area contributed by atoms with E-state index in [0.29, 0.717) is 23.0 Å². The van der Waals surface area contributed by atoms with Crippen LogP contribution in [0.1, 0.15) is 28.3 Å². The maximum Gasteiger partial charge on any atom is 0.165 e. The van der Waals surface area contributed by atoms with Crippen molar-refractivity contribution in [2.45, 2.75) is 27.7 Å². The molecule has 178 valence electrons. The van der Waals surface area contributed by atoms with Crippen molar-refractivity contribution in [1.82, 2.24) is 19.5 Å². The Morgan fingerprint density at radius 3 is 2.08 bits per heavy atom. The van der Waals surface area contributed by atoms with Crippen LogP contribution in [0.5, 0.6) is 0 Å². The Labute approximate surface area is 215 Å². The lowest BCUT2D eigenvalue weighted by atomic mass is 9.99. The number of benzene rings is 4. The van der Waals surface area contributed by atoms with E-state index in [-0.39, 0.29) is 0 Å². The second kappa shape index (κ2) is 8.69. The van der Waals surface area contributed by atoms with E-state index in [2.05, 4.69) is 94.0 Å². The number of aromatic nitrogens is 4. The number of hydrogen-bond acceptors (Lipinski definition) is 4. The Morgan fingerprint density at radius 1 is 0.649 bits per heavy atom. The van der Waals surface area contributed by atoms with E-state index < -0.39 is 0 Å². The number of para-hydroxylation sites is 1. The summed E-state index contributed by atoms with van der Waals surface area (Å²) >= 11 is 0. The molecule has 0 saturated heterocycles. The van der Waals surface area contributed by atoms with Crippen LogP contribution in [0.25, 0.3) is 50.0 Å². The Kier molecular flexibility index (Phi) is 5.31. The van der Waals surface area contributed by atoms with E-state index in [1.807, 2.05) is 38.1 Å². The van der Waals surface area contributed by atoms with Crippen molar-refractivity contribution in [2.75, 3.05) is 0 Å². The quantitative estimate of drug-likeness (QED) is 0.265. The molecule has 0 aliphatic carbocycles. The summed E-state index contributed by atoms with van der Waals surface area (Å²) in [7, 11) is 0.